The van der Waals surface area contributed by atoms with E-state index in [1.54, 1.807) is 0 Å². The second kappa shape index (κ2) is 7.04. The number of hydrogen-bond donors (Lipinski definition) is 1. The lowest BCUT2D eigenvalue weighted by Crippen LogP contribution is -2.41. The molecule has 0 saturated carbocycles. The molecule has 0 aliphatic carbocycles. The minimum absolute atomic E-state index is 0.133. The van der Waals surface area contributed by atoms with Crippen molar-refractivity contribution in [3.8, 4) is 0 Å². The van der Waals surface area contributed by atoms with Gasteiger partial charge in [0, 0.05) is 12.0 Å². The van der Waals surface area contributed by atoms with Crippen LogP contribution in [0, 0.1) is 5.82 Å². The fourth-order valence-electron chi connectivity index (χ4n) is 1.43. The highest BCUT2D eigenvalue weighted by molar-refractivity contribution is 9.11. The number of carbonyl (C=O) groups is 2. The van der Waals surface area contributed by atoms with Crippen LogP contribution in [-0.4, -0.2) is 25.0 Å². The van der Waals surface area contributed by atoms with E-state index in [0.717, 1.165) is 6.07 Å². The molecule has 1 atom stereocenters. The molecule has 19 heavy (non-hydrogen) atoms. The van der Waals surface area contributed by atoms with Crippen molar-refractivity contribution in [3.05, 3.63) is 46.7 Å². The summed E-state index contributed by atoms with van der Waals surface area (Å²) < 4.78 is 18.1. The Labute approximate surface area is 118 Å². The molecule has 1 N–H and O–H groups in total. The normalized spacial score (nSPS) is 11.5. The number of amides is 1. The predicted octanol–water partition coefficient (Wildman–Crippen LogP) is 2.40. The minimum Gasteiger partial charge on any atom is -0.467 e. The molecule has 4 nitrogen and oxygen atoms in total. The standard InChI is InChI=1S/C13H13BrFNO3/c1-8(14)6-11(13(18)19-2)16-12(17)9-4-3-5-10(15)7-9/h3-5,7,11H,1,6H2,2H3,(H,16,17)/t11-/m1/s1. The average Bonchev–Trinajstić information content (AvgIpc) is 2.36. The van der Waals surface area contributed by atoms with Crippen LogP contribution in [0.1, 0.15) is 16.8 Å². The summed E-state index contributed by atoms with van der Waals surface area (Å²) in [6.45, 7) is 3.60. The second-order valence-corrected chi connectivity index (χ2v) is 4.90. The molecule has 0 bridgehead atoms. The van der Waals surface area contributed by atoms with E-state index < -0.39 is 23.7 Å². The molecule has 1 aromatic carbocycles. The largest absolute Gasteiger partial charge is 0.467 e. The van der Waals surface area contributed by atoms with Crippen LogP contribution < -0.4 is 5.32 Å². The van der Waals surface area contributed by atoms with Crippen molar-refractivity contribution in [1.29, 1.82) is 0 Å². The van der Waals surface area contributed by atoms with Gasteiger partial charge in [0.05, 0.1) is 7.11 Å². The predicted molar refractivity (Wildman–Crippen MR) is 72.4 cm³/mol. The van der Waals surface area contributed by atoms with Gasteiger partial charge in [-0.3, -0.25) is 4.79 Å². The number of methoxy groups -OCH3 is 1. The van der Waals surface area contributed by atoms with Crippen LogP contribution in [0.15, 0.2) is 35.3 Å². The van der Waals surface area contributed by atoms with Crippen LogP contribution in [0.2, 0.25) is 0 Å². The Kier molecular flexibility index (Phi) is 5.69. The maximum Gasteiger partial charge on any atom is 0.328 e. The summed E-state index contributed by atoms with van der Waals surface area (Å²) in [6.07, 6.45) is 0.188. The maximum atomic E-state index is 13.0. The Morgan fingerprint density at radius 2 is 2.21 bits per heavy atom. The molecule has 0 heterocycles. The SMILES string of the molecule is C=C(Br)C[C@@H](NC(=O)c1cccc(F)c1)C(=O)OC. The van der Waals surface area contributed by atoms with Crippen LogP contribution in [-0.2, 0) is 9.53 Å². The molecule has 0 saturated heterocycles. The quantitative estimate of drug-likeness (QED) is 0.844. The zero-order valence-corrected chi connectivity index (χ0v) is 11.9. The van der Waals surface area contributed by atoms with Crippen LogP contribution in [0.25, 0.3) is 0 Å². The third-order valence-electron chi connectivity index (χ3n) is 2.30. The Balaban J connectivity index is 2.81. The monoisotopic (exact) mass is 329 g/mol. The van der Waals surface area contributed by atoms with Gasteiger partial charge in [0.1, 0.15) is 11.9 Å². The topological polar surface area (TPSA) is 55.4 Å². The molecule has 0 aliphatic rings. The van der Waals surface area contributed by atoms with Gasteiger partial charge in [-0.25, -0.2) is 9.18 Å². The molecule has 1 rings (SSSR count). The van der Waals surface area contributed by atoms with Crippen molar-refractivity contribution in [1.82, 2.24) is 5.32 Å². The fourth-order valence-corrected chi connectivity index (χ4v) is 1.75. The molecular formula is C13H13BrFNO3. The number of rotatable bonds is 5. The molecule has 0 spiro atoms. The summed E-state index contributed by atoms with van der Waals surface area (Å²) in [5, 5.41) is 2.47. The smallest absolute Gasteiger partial charge is 0.328 e. The van der Waals surface area contributed by atoms with Crippen molar-refractivity contribution in [2.24, 2.45) is 0 Å². The fraction of sp³-hybridized carbons (Fsp3) is 0.231. The van der Waals surface area contributed by atoms with Crippen molar-refractivity contribution < 1.29 is 18.7 Å². The van der Waals surface area contributed by atoms with Gasteiger partial charge in [0.15, 0.2) is 0 Å². The van der Waals surface area contributed by atoms with E-state index in [1.165, 1.54) is 25.3 Å². The van der Waals surface area contributed by atoms with Crippen LogP contribution in [0.5, 0.6) is 0 Å². The van der Waals surface area contributed by atoms with Gasteiger partial charge in [0.2, 0.25) is 0 Å². The van der Waals surface area contributed by atoms with Crippen molar-refractivity contribution in [2.75, 3.05) is 7.11 Å². The summed E-state index contributed by atoms with van der Waals surface area (Å²) in [5.41, 5.74) is 0.133. The number of carbonyl (C=O) groups excluding carboxylic acids is 2. The first-order chi connectivity index (χ1) is 8.93. The number of ether oxygens (including phenoxy) is 1. The van der Waals surface area contributed by atoms with E-state index in [9.17, 15) is 14.0 Å². The first kappa shape index (κ1) is 15.4. The van der Waals surface area contributed by atoms with E-state index >= 15 is 0 Å². The number of hydrogen-bond acceptors (Lipinski definition) is 3. The molecule has 0 aromatic heterocycles. The van der Waals surface area contributed by atoms with Crippen LogP contribution >= 0.6 is 15.9 Å². The highest BCUT2D eigenvalue weighted by atomic mass is 79.9. The van der Waals surface area contributed by atoms with Gasteiger partial charge in [-0.05, 0) is 22.7 Å². The summed E-state index contributed by atoms with van der Waals surface area (Å²) in [4.78, 5) is 23.4. The Morgan fingerprint density at radius 1 is 1.53 bits per heavy atom. The van der Waals surface area contributed by atoms with Crippen molar-refractivity contribution >= 4 is 27.8 Å². The lowest BCUT2D eigenvalue weighted by Gasteiger charge is -2.16. The van der Waals surface area contributed by atoms with E-state index in [-0.39, 0.29) is 12.0 Å². The first-order valence-corrected chi connectivity index (χ1v) is 6.21. The Hall–Kier alpha value is -1.69. The van der Waals surface area contributed by atoms with Crippen molar-refractivity contribution in [3.63, 3.8) is 0 Å². The van der Waals surface area contributed by atoms with E-state index in [1.807, 2.05) is 0 Å². The Morgan fingerprint density at radius 3 is 2.74 bits per heavy atom. The number of halogens is 2. The highest BCUT2D eigenvalue weighted by Gasteiger charge is 2.22. The lowest BCUT2D eigenvalue weighted by molar-refractivity contribution is -0.142. The molecule has 0 radical (unpaired) electrons. The summed E-state index contributed by atoms with van der Waals surface area (Å²) >= 11 is 3.12. The van der Waals surface area contributed by atoms with Gasteiger partial charge in [-0.2, -0.15) is 0 Å². The highest BCUT2D eigenvalue weighted by Crippen LogP contribution is 2.12. The van der Waals surface area contributed by atoms with Gasteiger partial charge < -0.3 is 10.1 Å². The van der Waals surface area contributed by atoms with E-state index in [4.69, 9.17) is 0 Å². The summed E-state index contributed by atoms with van der Waals surface area (Å²) in [7, 11) is 1.22. The third kappa shape index (κ3) is 4.82. The molecule has 6 heteroatoms. The number of nitrogens with one attached hydrogen (secondary N) is 1. The molecule has 0 unspecified atom stereocenters. The lowest BCUT2D eigenvalue weighted by atomic mass is 10.1. The van der Waals surface area contributed by atoms with E-state index in [2.05, 4.69) is 32.6 Å². The van der Waals surface area contributed by atoms with Crippen LogP contribution in [0.3, 0.4) is 0 Å². The minimum atomic E-state index is -0.868. The molecule has 0 aliphatic heterocycles. The zero-order valence-electron chi connectivity index (χ0n) is 10.3. The van der Waals surface area contributed by atoms with Gasteiger partial charge in [-0.1, -0.05) is 28.6 Å². The van der Waals surface area contributed by atoms with Crippen LogP contribution in [0.4, 0.5) is 4.39 Å². The number of benzene rings is 1. The first-order valence-electron chi connectivity index (χ1n) is 5.41. The van der Waals surface area contributed by atoms with Gasteiger partial charge >= 0.3 is 5.97 Å². The molecular weight excluding hydrogens is 317 g/mol. The van der Waals surface area contributed by atoms with E-state index in [0.29, 0.717) is 4.48 Å². The summed E-state index contributed by atoms with van der Waals surface area (Å²) in [5.74, 6) is -1.67. The number of esters is 1. The van der Waals surface area contributed by atoms with Gasteiger partial charge in [-0.15, -0.1) is 0 Å². The maximum absolute atomic E-state index is 13.0. The zero-order chi connectivity index (χ0) is 14.4. The third-order valence-corrected chi connectivity index (χ3v) is 2.63. The Bertz CT molecular complexity index is 504. The van der Waals surface area contributed by atoms with Crippen molar-refractivity contribution in [2.45, 2.75) is 12.5 Å². The molecule has 102 valence electrons. The van der Waals surface area contributed by atoms with Gasteiger partial charge in [0.25, 0.3) is 5.91 Å². The molecule has 1 amide bonds. The second-order valence-electron chi connectivity index (χ2n) is 3.78. The molecule has 1 aromatic rings. The summed E-state index contributed by atoms with van der Waals surface area (Å²) in [6, 6.07) is 4.32. The molecule has 0 fully saturated rings. The average molecular weight is 330 g/mol.